The van der Waals surface area contributed by atoms with Gasteiger partial charge in [0.15, 0.2) is 0 Å². The van der Waals surface area contributed by atoms with E-state index in [4.69, 9.17) is 4.74 Å². The fourth-order valence-electron chi connectivity index (χ4n) is 5.67. The number of hydrogen-bond donors (Lipinski definition) is 3. The molecule has 2 atom stereocenters. The third-order valence-corrected chi connectivity index (χ3v) is 10.00. The fourth-order valence-corrected chi connectivity index (χ4v) is 6.84. The molecule has 0 aliphatic carbocycles. The molecule has 1 aromatic heterocycles. The Hall–Kier alpha value is -3.86. The van der Waals surface area contributed by atoms with Crippen molar-refractivity contribution in [2.45, 2.75) is 57.2 Å². The average molecular weight is 605 g/mol. The highest BCUT2D eigenvalue weighted by Gasteiger charge is 2.32. The molecule has 10 heteroatoms. The van der Waals surface area contributed by atoms with E-state index < -0.39 is 27.7 Å². The molecule has 1 aliphatic rings. The van der Waals surface area contributed by atoms with Gasteiger partial charge in [0.05, 0.1) is 30.5 Å². The van der Waals surface area contributed by atoms with E-state index in [1.54, 1.807) is 17.7 Å². The van der Waals surface area contributed by atoms with Gasteiger partial charge in [0.1, 0.15) is 11.6 Å². The third kappa shape index (κ3) is 6.27. The Morgan fingerprint density at radius 3 is 2.53 bits per heavy atom. The Morgan fingerprint density at radius 1 is 1.09 bits per heavy atom. The van der Waals surface area contributed by atoms with Crippen LogP contribution in [0.1, 0.15) is 47.8 Å². The van der Waals surface area contributed by atoms with E-state index in [-0.39, 0.29) is 18.3 Å². The van der Waals surface area contributed by atoms with Crippen LogP contribution in [0.3, 0.4) is 0 Å². The number of nitrogens with one attached hydrogen (secondary N) is 2. The lowest BCUT2D eigenvalue weighted by atomic mass is 9.93. The van der Waals surface area contributed by atoms with E-state index in [1.807, 2.05) is 87.6 Å². The van der Waals surface area contributed by atoms with Gasteiger partial charge in [0.2, 0.25) is 0 Å². The number of sulfonamides is 1. The van der Waals surface area contributed by atoms with Crippen LogP contribution in [0.5, 0.6) is 5.75 Å². The van der Waals surface area contributed by atoms with Gasteiger partial charge in [-0.2, -0.15) is 0 Å². The van der Waals surface area contributed by atoms with Crippen LogP contribution in [0.25, 0.3) is 10.9 Å². The fraction of sp³-hybridized carbons (Fsp3) is 0.364. The minimum absolute atomic E-state index is 0.136. The first-order valence-electron chi connectivity index (χ1n) is 14.5. The molecule has 0 saturated heterocycles. The summed E-state index contributed by atoms with van der Waals surface area (Å²) in [6.07, 6.45) is 2.04. The molecule has 2 heterocycles. The number of methoxy groups -OCH3 is 1. The number of aromatic nitrogens is 1. The van der Waals surface area contributed by atoms with Crippen molar-refractivity contribution in [2.24, 2.45) is 0 Å². The first kappa shape index (κ1) is 30.6. The second kappa shape index (κ2) is 12.0. The minimum Gasteiger partial charge on any atom is -0.497 e. The van der Waals surface area contributed by atoms with Crippen molar-refractivity contribution < 1.29 is 23.1 Å². The zero-order chi connectivity index (χ0) is 30.9. The van der Waals surface area contributed by atoms with Gasteiger partial charge in [0.25, 0.3) is 15.9 Å². The molecule has 0 saturated carbocycles. The summed E-state index contributed by atoms with van der Waals surface area (Å²) in [5, 5.41) is 18.8. The predicted molar refractivity (Wildman–Crippen MR) is 170 cm³/mol. The predicted octanol–water partition coefficient (Wildman–Crippen LogP) is 4.18. The molecule has 0 radical (unpaired) electrons. The zero-order valence-corrected chi connectivity index (χ0v) is 26.1. The van der Waals surface area contributed by atoms with Crippen LogP contribution in [-0.2, 0) is 34.3 Å². The molecule has 0 unspecified atom stereocenters. The molecule has 4 aromatic rings. The van der Waals surface area contributed by atoms with E-state index in [0.29, 0.717) is 24.1 Å². The summed E-state index contributed by atoms with van der Waals surface area (Å²) >= 11 is 0. The van der Waals surface area contributed by atoms with Crippen LogP contribution >= 0.6 is 0 Å². The third-order valence-electron chi connectivity index (χ3n) is 8.36. The maximum Gasteiger partial charge on any atom is 0.253 e. The van der Waals surface area contributed by atoms with Crippen LogP contribution in [0.15, 0.2) is 72.9 Å². The SMILES string of the molecule is CCc1cn2c3c(cc(C(=O)N[C@@H](Cc4ccccc4)[C@H](O)CNC(C)(C)c4cccc(OC)c4)cc13)N(C)S(=O)(=O)C2. The lowest BCUT2D eigenvalue weighted by Gasteiger charge is -2.31. The van der Waals surface area contributed by atoms with Gasteiger partial charge in [-0.3, -0.25) is 9.10 Å². The number of rotatable bonds is 11. The van der Waals surface area contributed by atoms with Crippen LogP contribution in [0.2, 0.25) is 0 Å². The van der Waals surface area contributed by atoms with Crippen molar-refractivity contribution in [1.29, 1.82) is 0 Å². The van der Waals surface area contributed by atoms with Crippen molar-refractivity contribution in [3.63, 3.8) is 0 Å². The molecular weight excluding hydrogens is 564 g/mol. The van der Waals surface area contributed by atoms with E-state index >= 15 is 0 Å². The number of hydrogen-bond acceptors (Lipinski definition) is 6. The summed E-state index contributed by atoms with van der Waals surface area (Å²) in [6.45, 7) is 6.29. The molecule has 0 fully saturated rings. The molecule has 0 spiro atoms. The molecule has 43 heavy (non-hydrogen) atoms. The lowest BCUT2D eigenvalue weighted by molar-refractivity contribution is 0.0814. The monoisotopic (exact) mass is 604 g/mol. The van der Waals surface area contributed by atoms with E-state index in [2.05, 4.69) is 10.6 Å². The summed E-state index contributed by atoms with van der Waals surface area (Å²) in [4.78, 5) is 13.8. The smallest absolute Gasteiger partial charge is 0.253 e. The van der Waals surface area contributed by atoms with Crippen molar-refractivity contribution in [3.8, 4) is 5.75 Å². The maximum atomic E-state index is 13.8. The second-order valence-corrected chi connectivity index (χ2v) is 13.6. The topological polar surface area (TPSA) is 113 Å². The van der Waals surface area contributed by atoms with E-state index in [9.17, 15) is 18.3 Å². The van der Waals surface area contributed by atoms with Gasteiger partial charge >= 0.3 is 0 Å². The highest BCUT2D eigenvalue weighted by molar-refractivity contribution is 7.91. The Morgan fingerprint density at radius 2 is 1.84 bits per heavy atom. The summed E-state index contributed by atoms with van der Waals surface area (Å²) < 4.78 is 34.2. The highest BCUT2D eigenvalue weighted by Crippen LogP contribution is 2.37. The van der Waals surface area contributed by atoms with Gasteiger partial charge in [-0.05, 0) is 67.6 Å². The average Bonchev–Trinajstić information content (AvgIpc) is 3.35. The molecule has 1 amide bonds. The molecule has 0 bridgehead atoms. The standard InChI is InChI=1S/C33H40N4O5S/c1-6-23-20-37-21-43(40,41)36(4)29-17-24(16-27(23)31(29)37)32(39)35-28(15-22-11-8-7-9-12-22)30(38)19-34-33(2,3)25-13-10-14-26(18-25)42-5/h7-14,16-18,20,28,30,34,38H,6,15,19,21H2,1-5H3,(H,35,39)/t28-,30+/m0/s1. The summed E-state index contributed by atoms with van der Waals surface area (Å²) in [5.41, 5.74) is 4.08. The second-order valence-electron chi connectivity index (χ2n) is 11.7. The van der Waals surface area contributed by atoms with Crippen molar-refractivity contribution in [2.75, 3.05) is 25.0 Å². The normalized spacial score (nSPS) is 15.7. The summed E-state index contributed by atoms with van der Waals surface area (Å²) in [6, 6.07) is 20.3. The Bertz CT molecular complexity index is 1730. The van der Waals surface area contributed by atoms with Crippen LogP contribution in [-0.4, -0.2) is 56.8 Å². The summed E-state index contributed by atoms with van der Waals surface area (Å²) in [7, 11) is -0.429. The number of aliphatic hydroxyl groups is 1. The van der Waals surface area contributed by atoms with Gasteiger partial charge in [-0.15, -0.1) is 0 Å². The van der Waals surface area contributed by atoms with Gasteiger partial charge < -0.3 is 25.0 Å². The highest BCUT2D eigenvalue weighted by atomic mass is 32.2. The van der Waals surface area contributed by atoms with Crippen LogP contribution < -0.4 is 19.7 Å². The first-order valence-corrected chi connectivity index (χ1v) is 16.1. The molecule has 1 aliphatic heterocycles. The number of benzene rings is 3. The van der Waals surface area contributed by atoms with Crippen molar-refractivity contribution in [3.05, 3.63) is 95.2 Å². The maximum absolute atomic E-state index is 13.8. The molecule has 3 N–H and O–H groups in total. The van der Waals surface area contributed by atoms with Crippen molar-refractivity contribution in [1.82, 2.24) is 15.2 Å². The Labute approximate surface area is 253 Å². The van der Waals surface area contributed by atoms with Crippen LogP contribution in [0.4, 0.5) is 5.69 Å². The number of carbonyl (C=O) groups excluding carboxylic acids is 1. The van der Waals surface area contributed by atoms with Crippen molar-refractivity contribution >= 4 is 32.5 Å². The number of aryl methyl sites for hydroxylation is 1. The minimum atomic E-state index is -3.58. The Balaban J connectivity index is 1.42. The van der Waals surface area contributed by atoms with E-state index in [0.717, 1.165) is 33.3 Å². The zero-order valence-electron chi connectivity index (χ0n) is 25.3. The largest absolute Gasteiger partial charge is 0.497 e. The number of anilines is 1. The summed E-state index contributed by atoms with van der Waals surface area (Å²) in [5.74, 6) is 0.234. The lowest BCUT2D eigenvalue weighted by Crippen LogP contribution is -2.51. The number of ether oxygens (including phenoxy) is 1. The molecule has 5 rings (SSSR count). The Kier molecular flexibility index (Phi) is 8.56. The number of carbonyl (C=O) groups is 1. The molecular formula is C33H40N4O5S. The quantitative estimate of drug-likeness (QED) is 0.237. The first-order chi connectivity index (χ1) is 20.4. The van der Waals surface area contributed by atoms with Gasteiger partial charge in [-0.25, -0.2) is 8.42 Å². The number of amides is 1. The van der Waals surface area contributed by atoms with E-state index in [1.165, 1.54) is 11.4 Å². The molecule has 228 valence electrons. The molecule has 9 nitrogen and oxygen atoms in total. The van der Waals surface area contributed by atoms with Gasteiger partial charge in [0, 0.05) is 36.3 Å². The van der Waals surface area contributed by atoms with Crippen LogP contribution in [0, 0.1) is 0 Å². The molecule has 3 aromatic carbocycles. The number of aliphatic hydroxyl groups excluding tert-OH is 1. The van der Waals surface area contributed by atoms with Gasteiger partial charge in [-0.1, -0.05) is 49.4 Å². The number of nitrogens with zero attached hydrogens (tertiary/aromatic N) is 2.